The Bertz CT molecular complexity index is 782. The van der Waals surface area contributed by atoms with Gasteiger partial charge >= 0.3 is 0 Å². The lowest BCUT2D eigenvalue weighted by Gasteiger charge is -2.22. The highest BCUT2D eigenvalue weighted by molar-refractivity contribution is 6.31. The molecule has 1 unspecified atom stereocenters. The van der Waals surface area contributed by atoms with E-state index in [0.29, 0.717) is 27.3 Å². The number of benzene rings is 2. The second-order valence-electron chi connectivity index (χ2n) is 5.45. The first-order valence-corrected chi connectivity index (χ1v) is 7.76. The van der Waals surface area contributed by atoms with Crippen LogP contribution in [0.2, 0.25) is 10.0 Å². The molecular weight excluding hydrogens is 333 g/mol. The molecule has 1 aliphatic heterocycles. The van der Waals surface area contributed by atoms with Crippen LogP contribution >= 0.6 is 23.2 Å². The van der Waals surface area contributed by atoms with Crippen LogP contribution in [0.3, 0.4) is 0 Å². The molecule has 0 radical (unpaired) electrons. The number of halogens is 2. The van der Waals surface area contributed by atoms with Crippen LogP contribution in [0, 0.1) is 0 Å². The highest BCUT2D eigenvalue weighted by atomic mass is 35.5. The van der Waals surface area contributed by atoms with Gasteiger partial charge in [-0.3, -0.25) is 0 Å². The third-order valence-corrected chi connectivity index (χ3v) is 4.07. The highest BCUT2D eigenvalue weighted by Gasteiger charge is 2.41. The molecular formula is C17H15Cl2N3O. The Balaban J connectivity index is 2.13. The van der Waals surface area contributed by atoms with E-state index in [1.807, 2.05) is 26.2 Å². The second kappa shape index (κ2) is 5.96. The predicted octanol–water partition coefficient (Wildman–Crippen LogP) is 3.56. The van der Waals surface area contributed by atoms with E-state index in [1.54, 1.807) is 41.3 Å². The van der Waals surface area contributed by atoms with Gasteiger partial charge in [-0.2, -0.15) is 0 Å². The van der Waals surface area contributed by atoms with Crippen LogP contribution < -0.4 is 0 Å². The number of hydrogen-bond acceptors (Lipinski definition) is 4. The maximum Gasteiger partial charge on any atom is 0.230 e. The second-order valence-corrected chi connectivity index (χ2v) is 6.33. The van der Waals surface area contributed by atoms with Gasteiger partial charge in [0, 0.05) is 35.3 Å². The highest BCUT2D eigenvalue weighted by Crippen LogP contribution is 2.33. The standard InChI is InChI=1S/C17H15Cl2N3O/c1-22(2)16-20-15(11-3-7-13(18)8-4-11)17(23,21-16)12-5-9-14(19)10-6-12/h3-10,23H,1-2H3. The van der Waals surface area contributed by atoms with E-state index in [9.17, 15) is 5.11 Å². The molecule has 2 aromatic rings. The third-order valence-electron chi connectivity index (χ3n) is 3.57. The third kappa shape index (κ3) is 2.98. The fourth-order valence-electron chi connectivity index (χ4n) is 2.36. The Kier molecular flexibility index (Phi) is 4.15. The van der Waals surface area contributed by atoms with Crippen LogP contribution in [0.15, 0.2) is 58.5 Å². The van der Waals surface area contributed by atoms with Crippen molar-refractivity contribution in [2.75, 3.05) is 14.1 Å². The summed E-state index contributed by atoms with van der Waals surface area (Å²) in [6.45, 7) is 0. The normalized spacial score (nSPS) is 20.2. The monoisotopic (exact) mass is 347 g/mol. The van der Waals surface area contributed by atoms with Crippen molar-refractivity contribution in [3.05, 3.63) is 69.7 Å². The first-order chi connectivity index (χ1) is 10.9. The summed E-state index contributed by atoms with van der Waals surface area (Å²) in [5, 5.41) is 12.5. The maximum atomic E-state index is 11.2. The minimum Gasteiger partial charge on any atom is -0.361 e. The summed E-state index contributed by atoms with van der Waals surface area (Å²) in [4.78, 5) is 10.7. The van der Waals surface area contributed by atoms with Crippen molar-refractivity contribution in [2.45, 2.75) is 5.72 Å². The zero-order chi connectivity index (χ0) is 16.6. The molecule has 6 heteroatoms. The molecule has 0 spiro atoms. The van der Waals surface area contributed by atoms with E-state index in [4.69, 9.17) is 23.2 Å². The molecule has 0 saturated heterocycles. The van der Waals surface area contributed by atoms with Gasteiger partial charge in [0.2, 0.25) is 11.7 Å². The summed E-state index contributed by atoms with van der Waals surface area (Å²) >= 11 is 11.9. The fraction of sp³-hybridized carbons (Fsp3) is 0.176. The predicted molar refractivity (Wildman–Crippen MR) is 94.5 cm³/mol. The molecule has 3 rings (SSSR count). The molecule has 0 fully saturated rings. The summed E-state index contributed by atoms with van der Waals surface area (Å²) in [6, 6.07) is 14.1. The molecule has 1 N–H and O–H groups in total. The lowest BCUT2D eigenvalue weighted by Crippen LogP contribution is -2.32. The van der Waals surface area contributed by atoms with E-state index < -0.39 is 5.72 Å². The zero-order valence-electron chi connectivity index (χ0n) is 12.7. The van der Waals surface area contributed by atoms with Crippen molar-refractivity contribution < 1.29 is 5.11 Å². The van der Waals surface area contributed by atoms with Crippen LogP contribution in [0.1, 0.15) is 11.1 Å². The molecule has 0 saturated carbocycles. The van der Waals surface area contributed by atoms with Crippen molar-refractivity contribution in [2.24, 2.45) is 9.98 Å². The fourth-order valence-corrected chi connectivity index (χ4v) is 2.61. The van der Waals surface area contributed by atoms with E-state index in [2.05, 4.69) is 9.98 Å². The van der Waals surface area contributed by atoms with Gasteiger partial charge in [-0.25, -0.2) is 9.98 Å². The molecule has 23 heavy (non-hydrogen) atoms. The Morgan fingerprint density at radius 3 is 1.96 bits per heavy atom. The summed E-state index contributed by atoms with van der Waals surface area (Å²) in [5.41, 5.74) is 0.262. The number of aliphatic hydroxyl groups is 1. The van der Waals surface area contributed by atoms with Crippen molar-refractivity contribution in [1.82, 2.24) is 4.90 Å². The topological polar surface area (TPSA) is 48.2 Å². The summed E-state index contributed by atoms with van der Waals surface area (Å²) in [6.07, 6.45) is 0. The van der Waals surface area contributed by atoms with Crippen molar-refractivity contribution in [3.8, 4) is 0 Å². The van der Waals surface area contributed by atoms with Gasteiger partial charge in [0.15, 0.2) is 0 Å². The van der Waals surface area contributed by atoms with Crippen LogP contribution in [0.5, 0.6) is 0 Å². The van der Waals surface area contributed by atoms with Gasteiger partial charge in [-0.1, -0.05) is 47.5 Å². The van der Waals surface area contributed by atoms with Crippen LogP contribution in [-0.4, -0.2) is 35.8 Å². The van der Waals surface area contributed by atoms with Gasteiger partial charge in [0.05, 0.1) is 0 Å². The molecule has 0 aromatic heterocycles. The Morgan fingerprint density at radius 1 is 0.913 bits per heavy atom. The first kappa shape index (κ1) is 16.0. The average Bonchev–Trinajstić information content (AvgIpc) is 2.88. The summed E-state index contributed by atoms with van der Waals surface area (Å²) < 4.78 is 0. The average molecular weight is 348 g/mol. The number of guanidine groups is 1. The molecule has 1 atom stereocenters. The minimum absolute atomic E-state index is 0.451. The Morgan fingerprint density at radius 2 is 1.43 bits per heavy atom. The smallest absolute Gasteiger partial charge is 0.230 e. The van der Waals surface area contributed by atoms with Crippen LogP contribution in [-0.2, 0) is 5.72 Å². The first-order valence-electron chi connectivity index (χ1n) is 7.01. The van der Waals surface area contributed by atoms with Crippen LogP contribution in [0.25, 0.3) is 0 Å². The quantitative estimate of drug-likeness (QED) is 0.902. The Labute approximate surface area is 144 Å². The number of nitrogens with zero attached hydrogens (tertiary/aromatic N) is 3. The molecule has 1 heterocycles. The molecule has 0 amide bonds. The summed E-state index contributed by atoms with van der Waals surface area (Å²) in [5.74, 6) is 0.451. The van der Waals surface area contributed by atoms with Crippen molar-refractivity contribution in [3.63, 3.8) is 0 Å². The van der Waals surface area contributed by atoms with Gasteiger partial charge in [0.1, 0.15) is 5.71 Å². The van der Waals surface area contributed by atoms with Crippen molar-refractivity contribution >= 4 is 34.9 Å². The zero-order valence-corrected chi connectivity index (χ0v) is 14.2. The number of hydrogen-bond donors (Lipinski definition) is 1. The molecule has 4 nitrogen and oxygen atoms in total. The molecule has 0 bridgehead atoms. The lowest BCUT2D eigenvalue weighted by atomic mass is 9.93. The molecule has 2 aromatic carbocycles. The lowest BCUT2D eigenvalue weighted by molar-refractivity contribution is 0.125. The van der Waals surface area contributed by atoms with E-state index in [-0.39, 0.29) is 0 Å². The minimum atomic E-state index is -1.56. The SMILES string of the molecule is CN(C)C1=NC(O)(c2ccc(Cl)cc2)C(c2ccc(Cl)cc2)=N1. The van der Waals surface area contributed by atoms with Crippen LogP contribution in [0.4, 0.5) is 0 Å². The van der Waals surface area contributed by atoms with Gasteiger partial charge in [-0.05, 0) is 24.3 Å². The van der Waals surface area contributed by atoms with Crippen molar-refractivity contribution in [1.29, 1.82) is 0 Å². The maximum absolute atomic E-state index is 11.2. The molecule has 1 aliphatic rings. The number of rotatable bonds is 2. The van der Waals surface area contributed by atoms with Gasteiger partial charge < -0.3 is 10.0 Å². The van der Waals surface area contributed by atoms with E-state index >= 15 is 0 Å². The Hall–Kier alpha value is -1.88. The number of aliphatic imine (C=N–C) groups is 2. The van der Waals surface area contributed by atoms with E-state index in [0.717, 1.165) is 5.56 Å². The van der Waals surface area contributed by atoms with Gasteiger partial charge in [0.25, 0.3) is 0 Å². The molecule has 118 valence electrons. The van der Waals surface area contributed by atoms with E-state index in [1.165, 1.54) is 0 Å². The van der Waals surface area contributed by atoms with Gasteiger partial charge in [-0.15, -0.1) is 0 Å². The molecule has 0 aliphatic carbocycles. The largest absolute Gasteiger partial charge is 0.361 e. The summed E-state index contributed by atoms with van der Waals surface area (Å²) in [7, 11) is 3.66.